The van der Waals surface area contributed by atoms with E-state index < -0.39 is 14.8 Å². The number of carboxylic acid groups (broad SMARTS) is 1. The lowest BCUT2D eigenvalue weighted by molar-refractivity contribution is -0.137. The van der Waals surface area contributed by atoms with Crippen LogP contribution in [0, 0.1) is 0 Å². The van der Waals surface area contributed by atoms with Gasteiger partial charge >= 0.3 is 14.8 Å². The summed E-state index contributed by atoms with van der Waals surface area (Å²) in [5.74, 6) is -0.652. The summed E-state index contributed by atoms with van der Waals surface area (Å²) in [6, 6.07) is 0.933. The molecular formula is C37H76O5Si. The Morgan fingerprint density at radius 1 is 0.372 bits per heavy atom. The van der Waals surface area contributed by atoms with Gasteiger partial charge in [-0.2, -0.15) is 0 Å². The molecule has 0 aliphatic carbocycles. The molecule has 0 aromatic rings. The number of carbonyl (C=O) groups is 1. The third-order valence-electron chi connectivity index (χ3n) is 9.31. The minimum Gasteiger partial charge on any atom is -0.481 e. The number of rotatable bonds is 37. The van der Waals surface area contributed by atoms with Gasteiger partial charge < -0.3 is 18.4 Å². The molecule has 0 rings (SSSR count). The second kappa shape index (κ2) is 34.4. The van der Waals surface area contributed by atoms with Gasteiger partial charge in [0.15, 0.2) is 0 Å². The van der Waals surface area contributed by atoms with Crippen LogP contribution in [0.15, 0.2) is 0 Å². The van der Waals surface area contributed by atoms with Crippen LogP contribution in [0.25, 0.3) is 0 Å². The van der Waals surface area contributed by atoms with Crippen molar-refractivity contribution in [3.8, 4) is 0 Å². The van der Waals surface area contributed by atoms with Gasteiger partial charge in [0.2, 0.25) is 0 Å². The molecule has 6 heteroatoms. The van der Waals surface area contributed by atoms with Gasteiger partial charge in [-0.05, 0) is 12.8 Å². The first-order chi connectivity index (χ1) is 21.1. The van der Waals surface area contributed by atoms with Crippen molar-refractivity contribution in [3.05, 3.63) is 0 Å². The van der Waals surface area contributed by atoms with Crippen LogP contribution in [-0.4, -0.2) is 41.2 Å². The molecule has 0 aliphatic heterocycles. The normalized spacial score (nSPS) is 11.9. The number of aliphatic carboxylic acids is 1. The van der Waals surface area contributed by atoms with Crippen LogP contribution in [0.3, 0.4) is 0 Å². The smallest absolute Gasteiger partial charge is 0.481 e. The molecule has 1 N–H and O–H groups in total. The van der Waals surface area contributed by atoms with Gasteiger partial charge in [-0.15, -0.1) is 0 Å². The molecular weight excluding hydrogens is 552 g/mol. The maximum absolute atomic E-state index is 10.5. The summed E-state index contributed by atoms with van der Waals surface area (Å²) < 4.78 is 16.5. The molecule has 0 aliphatic rings. The summed E-state index contributed by atoms with van der Waals surface area (Å²) in [6.07, 6.45) is 42.7. The molecule has 0 aromatic heterocycles. The summed E-state index contributed by atoms with van der Waals surface area (Å²) in [5.41, 5.74) is 0. The van der Waals surface area contributed by atoms with E-state index in [1.807, 2.05) is 0 Å². The van der Waals surface area contributed by atoms with E-state index in [9.17, 15) is 4.79 Å². The van der Waals surface area contributed by atoms with E-state index >= 15 is 0 Å². The fourth-order valence-electron chi connectivity index (χ4n) is 6.30. The Morgan fingerprint density at radius 2 is 0.558 bits per heavy atom. The molecule has 0 fully saturated rings. The second-order valence-corrected chi connectivity index (χ2v) is 16.2. The molecule has 0 saturated carbocycles. The van der Waals surface area contributed by atoms with Crippen molar-refractivity contribution in [1.29, 1.82) is 0 Å². The highest BCUT2D eigenvalue weighted by atomic mass is 28.4. The number of hydrogen-bond donors (Lipinski definition) is 1. The van der Waals surface area contributed by atoms with Crippen LogP contribution in [0.1, 0.15) is 205 Å². The fraction of sp³-hybridized carbons (Fsp3) is 0.973. The zero-order valence-electron chi connectivity index (χ0n) is 29.4. The highest BCUT2D eigenvalue weighted by Gasteiger charge is 2.36. The zero-order valence-corrected chi connectivity index (χ0v) is 30.4. The highest BCUT2D eigenvalue weighted by molar-refractivity contribution is 6.60. The van der Waals surface area contributed by atoms with Crippen molar-refractivity contribution in [2.45, 2.75) is 212 Å². The molecule has 0 bridgehead atoms. The third kappa shape index (κ3) is 31.3. The Hall–Kier alpha value is -0.433. The zero-order chi connectivity index (χ0) is 31.5. The first-order valence-electron chi connectivity index (χ1n) is 19.0. The van der Waals surface area contributed by atoms with E-state index in [1.54, 1.807) is 21.3 Å². The topological polar surface area (TPSA) is 65.0 Å². The minimum absolute atomic E-state index is 0.342. The van der Waals surface area contributed by atoms with Gasteiger partial charge in [0.05, 0.1) is 0 Å². The van der Waals surface area contributed by atoms with E-state index in [-0.39, 0.29) is 0 Å². The monoisotopic (exact) mass is 629 g/mol. The highest BCUT2D eigenvalue weighted by Crippen LogP contribution is 2.19. The molecule has 258 valence electrons. The average Bonchev–Trinajstić information content (AvgIpc) is 3.01. The van der Waals surface area contributed by atoms with E-state index in [0.29, 0.717) is 6.42 Å². The van der Waals surface area contributed by atoms with E-state index in [2.05, 4.69) is 0 Å². The lowest BCUT2D eigenvalue weighted by Gasteiger charge is -2.24. The first-order valence-corrected chi connectivity index (χ1v) is 20.9. The Bertz CT molecular complexity index is 547. The van der Waals surface area contributed by atoms with Crippen LogP contribution < -0.4 is 0 Å². The Kier molecular flexibility index (Phi) is 34.1. The van der Waals surface area contributed by atoms with Gasteiger partial charge in [0, 0.05) is 33.8 Å². The van der Waals surface area contributed by atoms with Crippen molar-refractivity contribution in [2.24, 2.45) is 0 Å². The molecule has 0 spiro atoms. The van der Waals surface area contributed by atoms with E-state index in [0.717, 1.165) is 25.3 Å². The molecule has 0 unspecified atom stereocenters. The van der Waals surface area contributed by atoms with Crippen molar-refractivity contribution >= 4 is 14.8 Å². The Balaban J connectivity index is 3.13. The summed E-state index contributed by atoms with van der Waals surface area (Å²) in [4.78, 5) is 10.5. The summed E-state index contributed by atoms with van der Waals surface area (Å²) in [6.45, 7) is 0. The van der Waals surface area contributed by atoms with Crippen LogP contribution in [0.4, 0.5) is 0 Å². The quantitative estimate of drug-likeness (QED) is 0.0547. The van der Waals surface area contributed by atoms with Crippen molar-refractivity contribution < 1.29 is 23.2 Å². The molecule has 0 saturated heterocycles. The lowest BCUT2D eigenvalue weighted by atomic mass is 10.0. The largest absolute Gasteiger partial charge is 0.500 e. The summed E-state index contributed by atoms with van der Waals surface area (Å²) in [7, 11) is 2.76. The predicted molar refractivity (Wildman–Crippen MR) is 187 cm³/mol. The van der Waals surface area contributed by atoms with Crippen LogP contribution >= 0.6 is 0 Å². The molecule has 0 heterocycles. The number of carboxylic acids is 1. The number of unbranched alkanes of at least 4 members (excludes halogenated alkanes) is 30. The van der Waals surface area contributed by atoms with Gasteiger partial charge in [0.1, 0.15) is 0 Å². The average molecular weight is 629 g/mol. The lowest BCUT2D eigenvalue weighted by Crippen LogP contribution is -2.42. The Labute approximate surface area is 270 Å². The molecule has 0 aromatic carbocycles. The van der Waals surface area contributed by atoms with Gasteiger partial charge in [-0.25, -0.2) is 0 Å². The van der Waals surface area contributed by atoms with Crippen LogP contribution in [0.5, 0.6) is 0 Å². The third-order valence-corrected chi connectivity index (χ3v) is 12.1. The molecule has 0 amide bonds. The molecule has 5 nitrogen and oxygen atoms in total. The van der Waals surface area contributed by atoms with Crippen LogP contribution in [0.2, 0.25) is 6.04 Å². The Morgan fingerprint density at radius 3 is 0.744 bits per heavy atom. The molecule has 0 radical (unpaired) electrons. The van der Waals surface area contributed by atoms with Crippen molar-refractivity contribution in [1.82, 2.24) is 0 Å². The maximum atomic E-state index is 10.5. The fourth-order valence-corrected chi connectivity index (χ4v) is 8.10. The summed E-state index contributed by atoms with van der Waals surface area (Å²) >= 11 is 0. The SMILES string of the molecule is CO[Si](CCCCCCCCCCCCCCCCCCCCCCCCCCCCCCCCCC(=O)O)(OC)OC. The first kappa shape index (κ1) is 42.6. The molecule has 0 atom stereocenters. The minimum atomic E-state index is -2.35. The number of hydrogen-bond acceptors (Lipinski definition) is 4. The summed E-state index contributed by atoms with van der Waals surface area (Å²) in [5, 5.41) is 8.64. The van der Waals surface area contributed by atoms with E-state index in [4.69, 9.17) is 18.4 Å². The predicted octanol–water partition coefficient (Wildman–Crippen LogP) is 12.4. The maximum Gasteiger partial charge on any atom is 0.500 e. The van der Waals surface area contributed by atoms with Crippen LogP contribution in [-0.2, 0) is 18.1 Å². The van der Waals surface area contributed by atoms with Gasteiger partial charge in [-0.1, -0.05) is 186 Å². The van der Waals surface area contributed by atoms with Crippen molar-refractivity contribution in [2.75, 3.05) is 21.3 Å². The second-order valence-electron chi connectivity index (χ2n) is 13.1. The van der Waals surface area contributed by atoms with E-state index in [1.165, 1.54) is 180 Å². The standard InChI is InChI=1S/C37H76O5Si/c1-40-43(41-2,42-3)36-34-32-30-28-26-24-22-20-18-16-14-12-10-8-6-4-5-7-9-11-13-15-17-19-21-23-25-27-29-31-33-35-37(38)39/h4-36H2,1-3H3,(H,38,39). The van der Waals surface area contributed by atoms with Crippen molar-refractivity contribution in [3.63, 3.8) is 0 Å². The van der Waals surface area contributed by atoms with Gasteiger partial charge in [0.25, 0.3) is 0 Å². The molecule has 43 heavy (non-hydrogen) atoms. The van der Waals surface area contributed by atoms with Gasteiger partial charge in [-0.3, -0.25) is 4.79 Å².